The van der Waals surface area contributed by atoms with Crippen molar-refractivity contribution in [3.63, 3.8) is 0 Å². The third-order valence-electron chi connectivity index (χ3n) is 2.94. The second-order valence-electron chi connectivity index (χ2n) is 4.27. The van der Waals surface area contributed by atoms with Gasteiger partial charge in [0.1, 0.15) is 11.6 Å². The van der Waals surface area contributed by atoms with Gasteiger partial charge < -0.3 is 9.64 Å². The third kappa shape index (κ3) is 2.58. The molecule has 1 aromatic rings. The van der Waals surface area contributed by atoms with E-state index in [1.54, 1.807) is 11.0 Å². The maximum atomic E-state index is 13.2. The van der Waals surface area contributed by atoms with E-state index in [0.29, 0.717) is 36.9 Å². The lowest BCUT2D eigenvalue weighted by Crippen LogP contribution is -2.25. The van der Waals surface area contributed by atoms with Crippen molar-refractivity contribution in [3.05, 3.63) is 24.0 Å². The Hall–Kier alpha value is -1.29. The number of amides is 1. The van der Waals surface area contributed by atoms with Gasteiger partial charge in [-0.05, 0) is 25.0 Å². The van der Waals surface area contributed by atoms with Gasteiger partial charge in [-0.1, -0.05) is 0 Å². The Morgan fingerprint density at radius 2 is 2.33 bits per heavy atom. The van der Waals surface area contributed by atoms with Gasteiger partial charge in [0, 0.05) is 24.9 Å². The van der Waals surface area contributed by atoms with Crippen LogP contribution in [0.1, 0.15) is 13.3 Å². The largest absolute Gasteiger partial charge is 0.492 e. The summed E-state index contributed by atoms with van der Waals surface area (Å²) < 4.78 is 18.6. The minimum atomic E-state index is -0.372. The van der Waals surface area contributed by atoms with E-state index in [0.717, 1.165) is 0 Å². The van der Waals surface area contributed by atoms with Crippen LogP contribution in [0, 0.1) is 11.7 Å². The maximum absolute atomic E-state index is 13.2. The zero-order chi connectivity index (χ0) is 13.1. The minimum absolute atomic E-state index is 0.00760. The monoisotopic (exact) mass is 271 g/mol. The van der Waals surface area contributed by atoms with E-state index in [9.17, 15) is 9.18 Å². The van der Waals surface area contributed by atoms with E-state index >= 15 is 0 Å². The predicted molar refractivity (Wildman–Crippen MR) is 68.7 cm³/mol. The molecule has 1 saturated heterocycles. The lowest BCUT2D eigenvalue weighted by atomic mass is 10.1. The highest BCUT2D eigenvalue weighted by molar-refractivity contribution is 6.18. The number of hydrogen-bond donors (Lipinski definition) is 0. The normalized spacial score (nSPS) is 19.4. The van der Waals surface area contributed by atoms with E-state index < -0.39 is 0 Å². The first-order valence-electron chi connectivity index (χ1n) is 5.94. The number of anilines is 1. The standard InChI is InChI=1S/C13H15ClFNO2/c1-2-18-12-6-10(15)3-4-11(12)16-8-9(7-14)5-13(16)17/h3-4,6,9H,2,5,7-8H2,1H3. The number of carbonyl (C=O) groups excluding carboxylic acids is 1. The van der Waals surface area contributed by atoms with Gasteiger partial charge in [-0.3, -0.25) is 4.79 Å². The molecular formula is C13H15ClFNO2. The van der Waals surface area contributed by atoms with E-state index in [2.05, 4.69) is 0 Å². The Labute approximate surface area is 110 Å². The lowest BCUT2D eigenvalue weighted by Gasteiger charge is -2.20. The highest BCUT2D eigenvalue weighted by Crippen LogP contribution is 2.34. The molecular weight excluding hydrogens is 257 g/mol. The number of halogens is 2. The summed E-state index contributed by atoms with van der Waals surface area (Å²) in [5, 5.41) is 0. The van der Waals surface area contributed by atoms with Crippen molar-refractivity contribution in [1.29, 1.82) is 0 Å². The van der Waals surface area contributed by atoms with Gasteiger partial charge in [0.15, 0.2) is 0 Å². The molecule has 2 rings (SSSR count). The van der Waals surface area contributed by atoms with Gasteiger partial charge >= 0.3 is 0 Å². The van der Waals surface area contributed by atoms with Crippen molar-refractivity contribution in [2.45, 2.75) is 13.3 Å². The Bertz CT molecular complexity index is 453. The molecule has 0 bridgehead atoms. The van der Waals surface area contributed by atoms with Gasteiger partial charge in [0.05, 0.1) is 12.3 Å². The Morgan fingerprint density at radius 1 is 1.56 bits per heavy atom. The second-order valence-corrected chi connectivity index (χ2v) is 4.58. The van der Waals surface area contributed by atoms with Crippen LogP contribution in [-0.4, -0.2) is 24.9 Å². The first kappa shape index (κ1) is 13.1. The molecule has 1 unspecified atom stereocenters. The molecule has 1 heterocycles. The molecule has 0 saturated carbocycles. The van der Waals surface area contributed by atoms with E-state index in [-0.39, 0.29) is 17.6 Å². The Morgan fingerprint density at radius 3 is 2.94 bits per heavy atom. The van der Waals surface area contributed by atoms with Gasteiger partial charge in [0.2, 0.25) is 5.91 Å². The molecule has 18 heavy (non-hydrogen) atoms. The van der Waals surface area contributed by atoms with Gasteiger partial charge in [-0.25, -0.2) is 4.39 Å². The van der Waals surface area contributed by atoms with Crippen molar-refractivity contribution in [2.75, 3.05) is 23.9 Å². The van der Waals surface area contributed by atoms with Crippen LogP contribution in [0.25, 0.3) is 0 Å². The average molecular weight is 272 g/mol. The molecule has 1 fully saturated rings. The van der Waals surface area contributed by atoms with Crippen molar-refractivity contribution >= 4 is 23.2 Å². The smallest absolute Gasteiger partial charge is 0.227 e. The molecule has 3 nitrogen and oxygen atoms in total. The lowest BCUT2D eigenvalue weighted by molar-refractivity contribution is -0.117. The number of benzene rings is 1. The fourth-order valence-electron chi connectivity index (χ4n) is 2.10. The summed E-state index contributed by atoms with van der Waals surface area (Å²) in [5.74, 6) is 0.642. The van der Waals surface area contributed by atoms with Crippen LogP contribution in [0.2, 0.25) is 0 Å². The third-order valence-corrected chi connectivity index (χ3v) is 3.37. The summed E-state index contributed by atoms with van der Waals surface area (Å²) in [6, 6.07) is 4.22. The van der Waals surface area contributed by atoms with E-state index in [4.69, 9.17) is 16.3 Å². The van der Waals surface area contributed by atoms with Gasteiger partial charge in [0.25, 0.3) is 0 Å². The molecule has 0 aliphatic carbocycles. The number of hydrogen-bond acceptors (Lipinski definition) is 2. The Kier molecular flexibility index (Phi) is 4.07. The molecule has 1 aliphatic heterocycles. The highest BCUT2D eigenvalue weighted by Gasteiger charge is 2.31. The van der Waals surface area contributed by atoms with E-state index in [1.807, 2.05) is 6.92 Å². The summed E-state index contributed by atoms with van der Waals surface area (Å²) in [5.41, 5.74) is 0.621. The van der Waals surface area contributed by atoms with Crippen molar-refractivity contribution in [1.82, 2.24) is 0 Å². The van der Waals surface area contributed by atoms with Gasteiger partial charge in [-0.15, -0.1) is 11.6 Å². The zero-order valence-corrected chi connectivity index (χ0v) is 10.9. The summed E-state index contributed by atoms with van der Waals surface area (Å²) in [6.45, 7) is 2.81. The molecule has 1 aromatic carbocycles. The molecule has 1 amide bonds. The summed E-state index contributed by atoms with van der Waals surface area (Å²) >= 11 is 5.78. The van der Waals surface area contributed by atoms with Crippen LogP contribution in [0.3, 0.4) is 0 Å². The molecule has 0 spiro atoms. The molecule has 5 heteroatoms. The molecule has 1 atom stereocenters. The topological polar surface area (TPSA) is 29.5 Å². The summed E-state index contributed by atoms with van der Waals surface area (Å²) in [7, 11) is 0. The number of alkyl halides is 1. The number of nitrogens with zero attached hydrogens (tertiary/aromatic N) is 1. The number of ether oxygens (including phenoxy) is 1. The maximum Gasteiger partial charge on any atom is 0.227 e. The molecule has 0 radical (unpaired) electrons. The molecule has 98 valence electrons. The van der Waals surface area contributed by atoms with E-state index in [1.165, 1.54) is 12.1 Å². The predicted octanol–water partition coefficient (Wildman–Crippen LogP) is 2.82. The first-order valence-corrected chi connectivity index (χ1v) is 6.47. The van der Waals surface area contributed by atoms with Gasteiger partial charge in [-0.2, -0.15) is 0 Å². The van der Waals surface area contributed by atoms with Crippen LogP contribution in [0.5, 0.6) is 5.75 Å². The van der Waals surface area contributed by atoms with Crippen LogP contribution in [0.15, 0.2) is 18.2 Å². The molecule has 1 aliphatic rings. The zero-order valence-electron chi connectivity index (χ0n) is 10.2. The summed E-state index contributed by atoms with van der Waals surface area (Å²) in [4.78, 5) is 13.5. The van der Waals surface area contributed by atoms with Crippen molar-refractivity contribution in [3.8, 4) is 5.75 Å². The number of rotatable bonds is 4. The Balaban J connectivity index is 2.30. The van der Waals surface area contributed by atoms with Crippen molar-refractivity contribution < 1.29 is 13.9 Å². The fraction of sp³-hybridized carbons (Fsp3) is 0.462. The average Bonchev–Trinajstić information content (AvgIpc) is 2.71. The number of carbonyl (C=O) groups is 1. The second kappa shape index (κ2) is 5.57. The van der Waals surface area contributed by atoms with Crippen LogP contribution in [-0.2, 0) is 4.79 Å². The molecule has 0 N–H and O–H groups in total. The van der Waals surface area contributed by atoms with Crippen molar-refractivity contribution in [2.24, 2.45) is 5.92 Å². The van der Waals surface area contributed by atoms with Crippen LogP contribution < -0.4 is 9.64 Å². The molecule has 0 aromatic heterocycles. The first-order chi connectivity index (χ1) is 8.65. The van der Waals surface area contributed by atoms with Crippen LogP contribution in [0.4, 0.5) is 10.1 Å². The SMILES string of the molecule is CCOc1cc(F)ccc1N1CC(CCl)CC1=O. The summed E-state index contributed by atoms with van der Waals surface area (Å²) in [6.07, 6.45) is 0.437. The quantitative estimate of drug-likeness (QED) is 0.788. The van der Waals surface area contributed by atoms with Crippen LogP contribution >= 0.6 is 11.6 Å². The fourth-order valence-corrected chi connectivity index (χ4v) is 2.31. The highest BCUT2D eigenvalue weighted by atomic mass is 35.5. The minimum Gasteiger partial charge on any atom is -0.492 e.